The molecule has 1 N–H and O–H groups in total. The van der Waals surface area contributed by atoms with Gasteiger partial charge in [-0.25, -0.2) is 0 Å². The smallest absolute Gasteiger partial charge is 0.254 e. The SMILES string of the molecule is Cc1cc(C(=O)N2CC(C)NCC2C)ccc1Cl. The Morgan fingerprint density at radius 1 is 1.44 bits per heavy atom. The van der Waals surface area contributed by atoms with Crippen molar-refractivity contribution in [1.29, 1.82) is 0 Å². The van der Waals surface area contributed by atoms with Gasteiger partial charge < -0.3 is 10.2 Å². The molecule has 1 aromatic rings. The number of amides is 1. The number of nitrogens with zero attached hydrogens (tertiary/aromatic N) is 1. The second-order valence-electron chi connectivity index (χ2n) is 5.08. The Morgan fingerprint density at radius 3 is 2.83 bits per heavy atom. The van der Waals surface area contributed by atoms with Crippen LogP contribution in [0.15, 0.2) is 18.2 Å². The standard InChI is InChI=1S/C14H19ClN2O/c1-9-6-12(4-5-13(9)15)14(18)17-8-10(2)16-7-11(17)3/h4-6,10-11,16H,7-8H2,1-3H3. The Balaban J connectivity index is 2.21. The minimum atomic E-state index is 0.0932. The molecule has 98 valence electrons. The summed E-state index contributed by atoms with van der Waals surface area (Å²) in [4.78, 5) is 14.4. The van der Waals surface area contributed by atoms with Gasteiger partial charge in [-0.05, 0) is 44.5 Å². The van der Waals surface area contributed by atoms with E-state index in [0.717, 1.165) is 24.2 Å². The van der Waals surface area contributed by atoms with Crippen LogP contribution in [-0.2, 0) is 0 Å². The lowest BCUT2D eigenvalue weighted by atomic mass is 10.1. The highest BCUT2D eigenvalue weighted by Gasteiger charge is 2.27. The molecule has 0 saturated carbocycles. The van der Waals surface area contributed by atoms with Crippen molar-refractivity contribution in [3.05, 3.63) is 34.3 Å². The van der Waals surface area contributed by atoms with Gasteiger partial charge in [0.05, 0.1) is 0 Å². The molecule has 1 amide bonds. The molecular weight excluding hydrogens is 248 g/mol. The van der Waals surface area contributed by atoms with Gasteiger partial charge >= 0.3 is 0 Å². The molecule has 1 fully saturated rings. The van der Waals surface area contributed by atoms with Gasteiger partial charge in [-0.1, -0.05) is 11.6 Å². The van der Waals surface area contributed by atoms with E-state index in [1.54, 1.807) is 12.1 Å². The average Bonchev–Trinajstić information content (AvgIpc) is 2.35. The maximum absolute atomic E-state index is 12.5. The van der Waals surface area contributed by atoms with E-state index < -0.39 is 0 Å². The Hall–Kier alpha value is -1.06. The van der Waals surface area contributed by atoms with Crippen molar-refractivity contribution >= 4 is 17.5 Å². The fourth-order valence-corrected chi connectivity index (χ4v) is 2.37. The first-order chi connectivity index (χ1) is 8.49. The van der Waals surface area contributed by atoms with Gasteiger partial charge in [0.1, 0.15) is 0 Å². The van der Waals surface area contributed by atoms with E-state index in [-0.39, 0.29) is 11.9 Å². The van der Waals surface area contributed by atoms with Crippen molar-refractivity contribution in [3.8, 4) is 0 Å². The minimum Gasteiger partial charge on any atom is -0.333 e. The van der Waals surface area contributed by atoms with Crippen molar-refractivity contribution in [2.75, 3.05) is 13.1 Å². The average molecular weight is 267 g/mol. The van der Waals surface area contributed by atoms with Crippen LogP contribution in [-0.4, -0.2) is 36.0 Å². The molecule has 1 aliphatic heterocycles. The first-order valence-electron chi connectivity index (χ1n) is 6.29. The quantitative estimate of drug-likeness (QED) is 0.847. The maximum Gasteiger partial charge on any atom is 0.254 e. The predicted molar refractivity (Wildman–Crippen MR) is 74.2 cm³/mol. The molecule has 0 spiro atoms. The molecule has 1 heterocycles. The van der Waals surface area contributed by atoms with Gasteiger partial charge in [0.25, 0.3) is 5.91 Å². The van der Waals surface area contributed by atoms with E-state index >= 15 is 0 Å². The third-order valence-electron chi connectivity index (χ3n) is 3.43. The lowest BCUT2D eigenvalue weighted by Crippen LogP contribution is -2.56. The highest BCUT2D eigenvalue weighted by molar-refractivity contribution is 6.31. The molecule has 3 nitrogen and oxygen atoms in total. The van der Waals surface area contributed by atoms with Gasteiger partial charge in [0.15, 0.2) is 0 Å². The summed E-state index contributed by atoms with van der Waals surface area (Å²) in [7, 11) is 0. The number of carbonyl (C=O) groups excluding carboxylic acids is 1. The highest BCUT2D eigenvalue weighted by Crippen LogP contribution is 2.19. The van der Waals surface area contributed by atoms with Gasteiger partial charge in [-0.2, -0.15) is 0 Å². The van der Waals surface area contributed by atoms with Crippen molar-refractivity contribution in [2.24, 2.45) is 0 Å². The third-order valence-corrected chi connectivity index (χ3v) is 3.85. The fourth-order valence-electron chi connectivity index (χ4n) is 2.25. The van der Waals surface area contributed by atoms with Crippen molar-refractivity contribution in [2.45, 2.75) is 32.9 Å². The summed E-state index contributed by atoms with van der Waals surface area (Å²) < 4.78 is 0. The molecule has 0 bridgehead atoms. The van der Waals surface area contributed by atoms with Crippen LogP contribution >= 0.6 is 11.6 Å². The van der Waals surface area contributed by atoms with Crippen LogP contribution in [0.25, 0.3) is 0 Å². The first kappa shape index (κ1) is 13.4. The second-order valence-corrected chi connectivity index (χ2v) is 5.49. The zero-order valence-electron chi connectivity index (χ0n) is 11.0. The Morgan fingerprint density at radius 2 is 2.17 bits per heavy atom. The van der Waals surface area contributed by atoms with E-state index in [1.807, 2.05) is 17.9 Å². The van der Waals surface area contributed by atoms with Crippen molar-refractivity contribution < 1.29 is 4.79 Å². The van der Waals surface area contributed by atoms with E-state index in [4.69, 9.17) is 11.6 Å². The van der Waals surface area contributed by atoms with Crippen LogP contribution in [0.3, 0.4) is 0 Å². The molecule has 0 radical (unpaired) electrons. The second kappa shape index (κ2) is 5.29. The van der Waals surface area contributed by atoms with Gasteiger partial charge in [0.2, 0.25) is 0 Å². The van der Waals surface area contributed by atoms with Gasteiger partial charge in [-0.15, -0.1) is 0 Å². The topological polar surface area (TPSA) is 32.3 Å². The number of rotatable bonds is 1. The minimum absolute atomic E-state index is 0.0932. The Labute approximate surface area is 113 Å². The van der Waals surface area contributed by atoms with Crippen LogP contribution in [0.4, 0.5) is 0 Å². The molecule has 2 rings (SSSR count). The van der Waals surface area contributed by atoms with Crippen LogP contribution in [0.5, 0.6) is 0 Å². The monoisotopic (exact) mass is 266 g/mol. The molecule has 1 aromatic carbocycles. The summed E-state index contributed by atoms with van der Waals surface area (Å²) in [5, 5.41) is 4.08. The molecule has 0 aromatic heterocycles. The number of benzene rings is 1. The number of piperazine rings is 1. The van der Waals surface area contributed by atoms with Crippen molar-refractivity contribution in [1.82, 2.24) is 10.2 Å². The normalized spacial score (nSPS) is 24.1. The largest absolute Gasteiger partial charge is 0.333 e. The molecular formula is C14H19ClN2O. The first-order valence-corrected chi connectivity index (χ1v) is 6.67. The lowest BCUT2D eigenvalue weighted by Gasteiger charge is -2.37. The molecule has 1 saturated heterocycles. The molecule has 18 heavy (non-hydrogen) atoms. The van der Waals surface area contributed by atoms with Crippen LogP contribution in [0.2, 0.25) is 5.02 Å². The maximum atomic E-state index is 12.5. The van der Waals surface area contributed by atoms with Crippen LogP contribution in [0.1, 0.15) is 29.8 Å². The third kappa shape index (κ3) is 2.68. The van der Waals surface area contributed by atoms with Crippen LogP contribution < -0.4 is 5.32 Å². The summed E-state index contributed by atoms with van der Waals surface area (Å²) in [5.41, 5.74) is 1.66. The van der Waals surface area contributed by atoms with E-state index in [0.29, 0.717) is 11.1 Å². The van der Waals surface area contributed by atoms with E-state index in [1.165, 1.54) is 0 Å². The summed E-state index contributed by atoms with van der Waals surface area (Å²) in [6.07, 6.45) is 0. The summed E-state index contributed by atoms with van der Waals surface area (Å²) in [5.74, 6) is 0.0932. The number of hydrogen-bond donors (Lipinski definition) is 1. The number of nitrogens with one attached hydrogen (secondary N) is 1. The number of halogens is 1. The number of aryl methyl sites for hydroxylation is 1. The fraction of sp³-hybridized carbons (Fsp3) is 0.500. The van der Waals surface area contributed by atoms with Crippen molar-refractivity contribution in [3.63, 3.8) is 0 Å². The predicted octanol–water partition coefficient (Wildman–Crippen LogP) is 2.47. The lowest BCUT2D eigenvalue weighted by molar-refractivity contribution is 0.0616. The van der Waals surface area contributed by atoms with E-state index in [2.05, 4.69) is 19.2 Å². The summed E-state index contributed by atoms with van der Waals surface area (Å²) in [6, 6.07) is 6.03. The van der Waals surface area contributed by atoms with Gasteiger partial charge in [0, 0.05) is 35.8 Å². The zero-order valence-corrected chi connectivity index (χ0v) is 11.8. The van der Waals surface area contributed by atoms with Crippen LogP contribution in [0, 0.1) is 6.92 Å². The molecule has 0 aliphatic carbocycles. The zero-order chi connectivity index (χ0) is 13.3. The Bertz CT molecular complexity index is 461. The Kier molecular flexibility index (Phi) is 3.93. The number of hydrogen-bond acceptors (Lipinski definition) is 2. The molecule has 2 unspecified atom stereocenters. The molecule has 1 aliphatic rings. The summed E-state index contributed by atoms with van der Waals surface area (Å²) in [6.45, 7) is 7.68. The number of carbonyl (C=O) groups is 1. The summed E-state index contributed by atoms with van der Waals surface area (Å²) >= 11 is 5.99. The molecule has 2 atom stereocenters. The van der Waals surface area contributed by atoms with E-state index in [9.17, 15) is 4.79 Å². The molecule has 4 heteroatoms. The van der Waals surface area contributed by atoms with Gasteiger partial charge in [-0.3, -0.25) is 4.79 Å². The highest BCUT2D eigenvalue weighted by atomic mass is 35.5.